The second-order valence-corrected chi connectivity index (χ2v) is 10.3. The predicted molar refractivity (Wildman–Crippen MR) is 122 cm³/mol. The zero-order valence-electron chi connectivity index (χ0n) is 16.1. The minimum atomic E-state index is -3.74. The number of aromatic nitrogens is 3. The van der Waals surface area contributed by atoms with Gasteiger partial charge in [-0.05, 0) is 55.8 Å². The molecule has 1 atom stereocenters. The summed E-state index contributed by atoms with van der Waals surface area (Å²) in [5, 5.41) is 10.7. The van der Waals surface area contributed by atoms with Crippen LogP contribution in [0.2, 0.25) is 15.1 Å². The lowest BCUT2D eigenvalue weighted by Gasteiger charge is -2.15. The smallest absolute Gasteiger partial charge is 0.241 e. The Bertz CT molecular complexity index is 1110. The second kappa shape index (κ2) is 9.89. The van der Waals surface area contributed by atoms with Crippen molar-refractivity contribution in [3.8, 4) is 0 Å². The number of rotatable bonds is 8. The van der Waals surface area contributed by atoms with Gasteiger partial charge in [-0.25, -0.2) is 13.1 Å². The molecule has 0 spiro atoms. The summed E-state index contributed by atoms with van der Waals surface area (Å²) in [4.78, 5) is 0.129. The molecule has 0 fully saturated rings. The van der Waals surface area contributed by atoms with E-state index in [2.05, 4.69) is 14.9 Å². The molecule has 160 valence electrons. The molecule has 0 aliphatic carbocycles. The molecule has 11 heteroatoms. The monoisotopic (exact) mass is 504 g/mol. The molecular weight excluding hydrogens is 487 g/mol. The summed E-state index contributed by atoms with van der Waals surface area (Å²) in [7, 11) is -3.74. The third kappa shape index (κ3) is 5.30. The van der Waals surface area contributed by atoms with E-state index in [1.807, 2.05) is 11.5 Å². The zero-order chi connectivity index (χ0) is 21.9. The van der Waals surface area contributed by atoms with E-state index in [0.717, 1.165) is 5.56 Å². The number of nitrogens with one attached hydrogen (secondary N) is 1. The Labute approximate surface area is 195 Å². The van der Waals surface area contributed by atoms with Crippen LogP contribution in [0.15, 0.2) is 52.5 Å². The number of sulfonamides is 1. The molecule has 0 aliphatic rings. The maximum Gasteiger partial charge on any atom is 0.241 e. The highest BCUT2D eigenvalue weighted by atomic mass is 35.5. The van der Waals surface area contributed by atoms with Crippen molar-refractivity contribution in [3.63, 3.8) is 0 Å². The van der Waals surface area contributed by atoms with E-state index in [1.54, 1.807) is 25.1 Å². The SMILES string of the molecule is CCn1c(SCc2c(Cl)cccc2Cl)nnc1[C@@H](C)NS(=O)(=O)c1ccc(Cl)cc1. The summed E-state index contributed by atoms with van der Waals surface area (Å²) in [5.74, 6) is 1.03. The van der Waals surface area contributed by atoms with Gasteiger partial charge >= 0.3 is 0 Å². The maximum absolute atomic E-state index is 12.7. The van der Waals surface area contributed by atoms with Gasteiger partial charge in [0.05, 0.1) is 10.9 Å². The summed E-state index contributed by atoms with van der Waals surface area (Å²) >= 11 is 19.8. The van der Waals surface area contributed by atoms with E-state index < -0.39 is 16.1 Å². The van der Waals surface area contributed by atoms with Crippen LogP contribution in [0.4, 0.5) is 0 Å². The topological polar surface area (TPSA) is 76.9 Å². The van der Waals surface area contributed by atoms with Crippen LogP contribution in [0.1, 0.15) is 31.3 Å². The third-order valence-corrected chi connectivity index (χ3v) is 7.82. The van der Waals surface area contributed by atoms with Gasteiger partial charge in [0.2, 0.25) is 10.0 Å². The van der Waals surface area contributed by atoms with E-state index in [4.69, 9.17) is 34.8 Å². The van der Waals surface area contributed by atoms with Crippen LogP contribution in [0.5, 0.6) is 0 Å². The van der Waals surface area contributed by atoms with Crippen LogP contribution < -0.4 is 4.72 Å². The molecule has 3 rings (SSSR count). The van der Waals surface area contributed by atoms with Gasteiger partial charge in [0.15, 0.2) is 11.0 Å². The Morgan fingerprint density at radius 2 is 1.70 bits per heavy atom. The zero-order valence-corrected chi connectivity index (χ0v) is 20.0. The van der Waals surface area contributed by atoms with E-state index in [1.165, 1.54) is 36.0 Å². The highest BCUT2D eigenvalue weighted by Crippen LogP contribution is 2.31. The molecule has 0 saturated heterocycles. The lowest BCUT2D eigenvalue weighted by Crippen LogP contribution is -2.29. The van der Waals surface area contributed by atoms with E-state index in [9.17, 15) is 8.42 Å². The third-order valence-electron chi connectivity index (χ3n) is 4.31. The summed E-state index contributed by atoms with van der Waals surface area (Å²) < 4.78 is 29.9. The average Bonchev–Trinajstić information content (AvgIpc) is 3.10. The molecular formula is C19H19Cl3N4O2S2. The fraction of sp³-hybridized carbons (Fsp3) is 0.263. The van der Waals surface area contributed by atoms with Gasteiger partial charge in [-0.1, -0.05) is 52.6 Å². The normalized spacial score (nSPS) is 12.8. The first-order chi connectivity index (χ1) is 14.2. The van der Waals surface area contributed by atoms with Gasteiger partial charge < -0.3 is 4.57 Å². The molecule has 0 aliphatic heterocycles. The minimum absolute atomic E-state index is 0.129. The number of halogens is 3. The minimum Gasteiger partial charge on any atom is -0.305 e. The number of nitrogens with zero attached hydrogens (tertiary/aromatic N) is 3. The Kier molecular flexibility index (Phi) is 7.71. The van der Waals surface area contributed by atoms with Crippen LogP contribution in [-0.2, 0) is 22.3 Å². The van der Waals surface area contributed by atoms with Crippen molar-refractivity contribution in [1.29, 1.82) is 0 Å². The first-order valence-electron chi connectivity index (χ1n) is 8.99. The highest BCUT2D eigenvalue weighted by Gasteiger charge is 2.23. The summed E-state index contributed by atoms with van der Waals surface area (Å²) in [5.41, 5.74) is 0.814. The quantitative estimate of drug-likeness (QED) is 0.404. The van der Waals surface area contributed by atoms with Crippen molar-refractivity contribution >= 4 is 56.6 Å². The van der Waals surface area contributed by atoms with Gasteiger partial charge in [0.1, 0.15) is 0 Å². The average molecular weight is 506 g/mol. The summed E-state index contributed by atoms with van der Waals surface area (Å²) in [6, 6.07) is 10.7. The predicted octanol–water partition coefficient (Wildman–Crippen LogP) is 5.59. The van der Waals surface area contributed by atoms with E-state index in [-0.39, 0.29) is 4.90 Å². The standard InChI is InChI=1S/C19H19Cl3N4O2S2/c1-3-26-18(12(2)25-30(27,28)14-9-7-13(20)8-10-14)23-24-19(26)29-11-15-16(21)5-4-6-17(15)22/h4-10,12,25H,3,11H2,1-2H3/t12-/m1/s1. The van der Waals surface area contributed by atoms with Gasteiger partial charge in [-0.15, -0.1) is 10.2 Å². The van der Waals surface area contributed by atoms with Crippen molar-refractivity contribution < 1.29 is 8.42 Å². The van der Waals surface area contributed by atoms with Crippen LogP contribution in [-0.4, -0.2) is 23.2 Å². The van der Waals surface area contributed by atoms with Gasteiger partial charge in [-0.2, -0.15) is 0 Å². The molecule has 1 aromatic heterocycles. The fourth-order valence-electron chi connectivity index (χ4n) is 2.80. The van der Waals surface area contributed by atoms with Gasteiger partial charge in [0.25, 0.3) is 0 Å². The molecule has 3 aromatic rings. The van der Waals surface area contributed by atoms with Crippen LogP contribution in [0.25, 0.3) is 0 Å². The van der Waals surface area contributed by atoms with Gasteiger partial charge in [-0.3, -0.25) is 0 Å². The molecule has 1 heterocycles. The molecule has 30 heavy (non-hydrogen) atoms. The lowest BCUT2D eigenvalue weighted by molar-refractivity contribution is 0.539. The first kappa shape index (κ1) is 23.4. The van der Waals surface area contributed by atoms with Crippen molar-refractivity contribution in [3.05, 3.63) is 68.9 Å². The molecule has 1 N–H and O–H groups in total. The van der Waals surface area contributed by atoms with Crippen LogP contribution >= 0.6 is 46.6 Å². The van der Waals surface area contributed by atoms with Crippen molar-refractivity contribution in [2.45, 2.75) is 42.2 Å². The van der Waals surface area contributed by atoms with E-state index >= 15 is 0 Å². The van der Waals surface area contributed by atoms with Crippen LogP contribution in [0.3, 0.4) is 0 Å². The Balaban J connectivity index is 1.78. The molecule has 0 radical (unpaired) electrons. The lowest BCUT2D eigenvalue weighted by atomic mass is 10.2. The number of thioether (sulfide) groups is 1. The Morgan fingerprint density at radius 3 is 2.30 bits per heavy atom. The molecule has 0 saturated carbocycles. The second-order valence-electron chi connectivity index (χ2n) is 6.37. The number of hydrogen-bond donors (Lipinski definition) is 1. The van der Waals surface area contributed by atoms with Crippen LogP contribution in [0, 0.1) is 0 Å². The maximum atomic E-state index is 12.7. The Morgan fingerprint density at radius 1 is 1.07 bits per heavy atom. The summed E-state index contributed by atoms with van der Waals surface area (Å²) in [6.07, 6.45) is 0. The van der Waals surface area contributed by atoms with Crippen molar-refractivity contribution in [1.82, 2.24) is 19.5 Å². The Hall–Kier alpha value is -1.29. The molecule has 2 aromatic carbocycles. The number of benzene rings is 2. The number of hydrogen-bond acceptors (Lipinski definition) is 5. The van der Waals surface area contributed by atoms with Gasteiger partial charge in [0, 0.05) is 27.4 Å². The molecule has 6 nitrogen and oxygen atoms in total. The highest BCUT2D eigenvalue weighted by molar-refractivity contribution is 7.98. The molecule has 0 amide bonds. The largest absolute Gasteiger partial charge is 0.305 e. The fourth-order valence-corrected chi connectivity index (χ4v) is 5.88. The van der Waals surface area contributed by atoms with E-state index in [0.29, 0.717) is 38.3 Å². The van der Waals surface area contributed by atoms with Crippen molar-refractivity contribution in [2.24, 2.45) is 0 Å². The molecule has 0 unspecified atom stereocenters. The summed E-state index contributed by atoms with van der Waals surface area (Å²) in [6.45, 7) is 4.25. The van der Waals surface area contributed by atoms with Crippen molar-refractivity contribution in [2.75, 3.05) is 0 Å². The molecule has 0 bridgehead atoms. The first-order valence-corrected chi connectivity index (χ1v) is 12.6.